The molecule has 0 aliphatic carbocycles. The van der Waals surface area contributed by atoms with Gasteiger partial charge in [0, 0.05) is 6.20 Å². The lowest BCUT2D eigenvalue weighted by atomic mass is 10.1. The Morgan fingerprint density at radius 1 is 1.31 bits per heavy atom. The number of fused-ring (bicyclic) bond motifs is 1. The number of rotatable bonds is 3. The van der Waals surface area contributed by atoms with Crippen LogP contribution in [0.2, 0.25) is 0 Å². The first-order chi connectivity index (χ1) is 12.3. The fourth-order valence-electron chi connectivity index (χ4n) is 2.53. The molecular weight excluding hydrogens is 367 g/mol. The normalized spacial score (nSPS) is 15.2. The molecule has 26 heavy (non-hydrogen) atoms. The van der Waals surface area contributed by atoms with Crippen LogP contribution >= 0.6 is 11.8 Å². The molecule has 2 aromatic rings. The van der Waals surface area contributed by atoms with Crippen LogP contribution in [0.3, 0.4) is 0 Å². The molecule has 9 heteroatoms. The van der Waals surface area contributed by atoms with E-state index in [1.807, 2.05) is 0 Å². The third kappa shape index (κ3) is 3.82. The maximum absolute atomic E-state index is 12.9. The second kappa shape index (κ2) is 6.99. The van der Waals surface area contributed by atoms with E-state index in [2.05, 4.69) is 10.3 Å². The number of benzene rings is 1. The van der Waals surface area contributed by atoms with Crippen LogP contribution in [-0.4, -0.2) is 28.6 Å². The Kier molecular flexibility index (Phi) is 4.90. The Labute approximate surface area is 151 Å². The summed E-state index contributed by atoms with van der Waals surface area (Å²) in [6, 6.07) is 8.22. The summed E-state index contributed by atoms with van der Waals surface area (Å²) >= 11 is 1.21. The summed E-state index contributed by atoms with van der Waals surface area (Å²) in [7, 11) is 0. The molecule has 0 bridgehead atoms. The Morgan fingerprint density at radius 3 is 2.73 bits per heavy atom. The van der Waals surface area contributed by atoms with E-state index >= 15 is 0 Å². The van der Waals surface area contributed by atoms with Crippen molar-refractivity contribution >= 4 is 35.0 Å². The summed E-state index contributed by atoms with van der Waals surface area (Å²) in [6.07, 6.45) is -2.93. The molecule has 3 rings (SSSR count). The number of nitrogens with one attached hydrogen (secondary N) is 1. The van der Waals surface area contributed by atoms with Crippen molar-refractivity contribution in [2.45, 2.75) is 23.4 Å². The first-order valence-electron chi connectivity index (χ1n) is 7.66. The van der Waals surface area contributed by atoms with Crippen LogP contribution in [-0.2, 0) is 15.8 Å². The number of hydrogen-bond donors (Lipinski definition) is 1. The summed E-state index contributed by atoms with van der Waals surface area (Å²) in [5.41, 5.74) is -0.669. The minimum absolute atomic E-state index is 0.0283. The minimum atomic E-state index is -4.53. The fourth-order valence-corrected chi connectivity index (χ4v) is 3.40. The third-order valence-electron chi connectivity index (χ3n) is 3.74. The molecule has 2 heterocycles. The lowest BCUT2D eigenvalue weighted by Crippen LogP contribution is -2.45. The summed E-state index contributed by atoms with van der Waals surface area (Å²) in [6.45, 7) is 1.42. The number of hydrogen-bond acceptors (Lipinski definition) is 4. The van der Waals surface area contributed by atoms with Crippen LogP contribution in [0.15, 0.2) is 47.6 Å². The maximum Gasteiger partial charge on any atom is 0.416 e. The summed E-state index contributed by atoms with van der Waals surface area (Å²) in [5, 5.41) is 2.47. The Hall–Kier alpha value is -2.55. The van der Waals surface area contributed by atoms with Gasteiger partial charge in [-0.3, -0.25) is 14.5 Å². The standard InChI is InChI=1S/C17H14F3N3O2S/c1-10(26-15-4-2-3-7-21-15)16(25)23-9-14(24)22-12-8-11(17(18,19)20)5-6-13(12)23/h2-8,10H,9H2,1H3,(H,22,24). The van der Waals surface area contributed by atoms with Gasteiger partial charge in [0.1, 0.15) is 6.54 Å². The zero-order chi connectivity index (χ0) is 18.9. The van der Waals surface area contributed by atoms with Gasteiger partial charge in [0.2, 0.25) is 11.8 Å². The molecule has 2 amide bonds. The Bertz CT molecular complexity index is 843. The topological polar surface area (TPSA) is 62.3 Å². The number of amides is 2. The molecule has 0 spiro atoms. The van der Waals surface area contributed by atoms with Gasteiger partial charge in [-0.2, -0.15) is 13.2 Å². The molecule has 1 aliphatic heterocycles. The zero-order valence-corrected chi connectivity index (χ0v) is 14.4. The van der Waals surface area contributed by atoms with Crippen molar-refractivity contribution in [1.29, 1.82) is 0 Å². The van der Waals surface area contributed by atoms with Crippen molar-refractivity contribution in [2.75, 3.05) is 16.8 Å². The van der Waals surface area contributed by atoms with Gasteiger partial charge in [0.05, 0.1) is 27.2 Å². The van der Waals surface area contributed by atoms with Gasteiger partial charge in [0.15, 0.2) is 0 Å². The molecule has 1 aromatic heterocycles. The largest absolute Gasteiger partial charge is 0.416 e. The highest BCUT2D eigenvalue weighted by Crippen LogP contribution is 2.37. The quantitative estimate of drug-likeness (QED) is 0.826. The highest BCUT2D eigenvalue weighted by molar-refractivity contribution is 8.00. The van der Waals surface area contributed by atoms with E-state index in [0.717, 1.165) is 12.1 Å². The number of carbonyl (C=O) groups is 2. The number of halogens is 3. The van der Waals surface area contributed by atoms with E-state index in [0.29, 0.717) is 5.03 Å². The molecule has 0 saturated carbocycles. The molecule has 1 atom stereocenters. The third-order valence-corrected chi connectivity index (χ3v) is 4.78. The van der Waals surface area contributed by atoms with Crippen molar-refractivity contribution < 1.29 is 22.8 Å². The van der Waals surface area contributed by atoms with Crippen molar-refractivity contribution in [2.24, 2.45) is 0 Å². The number of anilines is 2. The lowest BCUT2D eigenvalue weighted by Gasteiger charge is -2.31. The maximum atomic E-state index is 12.9. The molecule has 0 fully saturated rings. The molecule has 0 saturated heterocycles. The van der Waals surface area contributed by atoms with Crippen molar-refractivity contribution in [1.82, 2.24) is 4.98 Å². The average Bonchev–Trinajstić information content (AvgIpc) is 2.59. The molecule has 136 valence electrons. The van der Waals surface area contributed by atoms with Gasteiger partial charge in [0.25, 0.3) is 0 Å². The van der Waals surface area contributed by atoms with E-state index in [1.165, 1.54) is 22.7 Å². The van der Waals surface area contributed by atoms with Gasteiger partial charge in [-0.1, -0.05) is 17.8 Å². The molecular formula is C17H14F3N3O2S. The average molecular weight is 381 g/mol. The second-order valence-electron chi connectivity index (χ2n) is 5.63. The van der Waals surface area contributed by atoms with Crippen molar-refractivity contribution in [3.63, 3.8) is 0 Å². The highest BCUT2D eigenvalue weighted by Gasteiger charge is 2.35. The summed E-state index contributed by atoms with van der Waals surface area (Å²) in [5.74, 6) is -0.920. The summed E-state index contributed by atoms with van der Waals surface area (Å²) in [4.78, 5) is 30.0. The summed E-state index contributed by atoms with van der Waals surface area (Å²) < 4.78 is 38.6. The van der Waals surface area contributed by atoms with Crippen molar-refractivity contribution in [3.05, 3.63) is 48.2 Å². The first kappa shape index (κ1) is 18.2. The monoisotopic (exact) mass is 381 g/mol. The molecule has 5 nitrogen and oxygen atoms in total. The molecule has 1 N–H and O–H groups in total. The van der Waals surface area contributed by atoms with Gasteiger partial charge in [-0.05, 0) is 37.3 Å². The van der Waals surface area contributed by atoms with Crippen LogP contribution in [0.25, 0.3) is 0 Å². The van der Waals surface area contributed by atoms with Gasteiger partial charge in [-0.25, -0.2) is 4.98 Å². The highest BCUT2D eigenvalue weighted by atomic mass is 32.2. The lowest BCUT2D eigenvalue weighted by molar-refractivity contribution is -0.137. The van der Waals surface area contributed by atoms with Crippen LogP contribution in [0, 0.1) is 0 Å². The number of thioether (sulfide) groups is 1. The van der Waals surface area contributed by atoms with Gasteiger partial charge >= 0.3 is 6.18 Å². The van der Waals surface area contributed by atoms with E-state index < -0.39 is 22.9 Å². The first-order valence-corrected chi connectivity index (χ1v) is 8.54. The molecule has 1 aliphatic rings. The number of alkyl halides is 3. The van der Waals surface area contributed by atoms with Crippen LogP contribution in [0.1, 0.15) is 12.5 Å². The van der Waals surface area contributed by atoms with Crippen molar-refractivity contribution in [3.8, 4) is 0 Å². The number of carbonyl (C=O) groups excluding carboxylic acids is 2. The van der Waals surface area contributed by atoms with Gasteiger partial charge < -0.3 is 5.32 Å². The van der Waals surface area contributed by atoms with E-state index in [9.17, 15) is 22.8 Å². The molecule has 1 aromatic carbocycles. The van der Waals surface area contributed by atoms with Crippen LogP contribution in [0.5, 0.6) is 0 Å². The predicted octanol–water partition coefficient (Wildman–Crippen LogP) is 3.57. The second-order valence-corrected chi connectivity index (χ2v) is 6.99. The molecule has 1 unspecified atom stereocenters. The zero-order valence-electron chi connectivity index (χ0n) is 13.6. The minimum Gasteiger partial charge on any atom is -0.323 e. The Balaban J connectivity index is 1.87. The van der Waals surface area contributed by atoms with E-state index in [4.69, 9.17) is 0 Å². The van der Waals surface area contributed by atoms with Gasteiger partial charge in [-0.15, -0.1) is 0 Å². The van der Waals surface area contributed by atoms with Crippen LogP contribution in [0.4, 0.5) is 24.5 Å². The number of nitrogens with zero attached hydrogens (tertiary/aromatic N) is 2. The molecule has 0 radical (unpaired) electrons. The van der Waals surface area contributed by atoms with E-state index in [1.54, 1.807) is 31.3 Å². The number of aromatic nitrogens is 1. The number of pyridine rings is 1. The Morgan fingerprint density at radius 2 is 2.08 bits per heavy atom. The fraction of sp³-hybridized carbons (Fsp3) is 0.235. The van der Waals surface area contributed by atoms with E-state index in [-0.39, 0.29) is 23.8 Å². The predicted molar refractivity (Wildman–Crippen MR) is 92.0 cm³/mol. The van der Waals surface area contributed by atoms with Crippen LogP contribution < -0.4 is 10.2 Å². The SMILES string of the molecule is CC(Sc1ccccn1)C(=O)N1CC(=O)Nc2cc(C(F)(F)F)ccc21. The smallest absolute Gasteiger partial charge is 0.323 e.